The van der Waals surface area contributed by atoms with Gasteiger partial charge in [-0.25, -0.2) is 0 Å². The van der Waals surface area contributed by atoms with E-state index in [9.17, 15) is 4.79 Å². The average molecular weight is 267 g/mol. The van der Waals surface area contributed by atoms with Gasteiger partial charge in [0.25, 0.3) is 5.91 Å². The van der Waals surface area contributed by atoms with E-state index in [0.29, 0.717) is 22.7 Å². The van der Waals surface area contributed by atoms with Gasteiger partial charge in [-0.2, -0.15) is 11.8 Å². The Hall–Kier alpha value is -1.10. The van der Waals surface area contributed by atoms with Crippen molar-refractivity contribution < 1.29 is 4.79 Å². The predicted molar refractivity (Wildman–Crippen MR) is 77.0 cm³/mol. The number of rotatable bonds is 6. The summed E-state index contributed by atoms with van der Waals surface area (Å²) in [6.45, 7) is 2.89. The molecule has 1 amide bonds. The molecule has 3 N–H and O–H groups in total. The van der Waals surface area contributed by atoms with Gasteiger partial charge in [-0.3, -0.25) is 4.79 Å². The van der Waals surface area contributed by atoms with Gasteiger partial charge in [0.1, 0.15) is 5.69 Å². The number of thioether (sulfide) groups is 1. The molecule has 0 radical (unpaired) electrons. The predicted octanol–water partition coefficient (Wildman–Crippen LogP) is 2.28. The minimum absolute atomic E-state index is 0.00750. The highest BCUT2D eigenvalue weighted by atomic mass is 32.2. The molecule has 0 aromatic carbocycles. The van der Waals surface area contributed by atoms with E-state index in [4.69, 9.17) is 5.73 Å². The number of carbonyl (C=O) groups is 1. The van der Waals surface area contributed by atoms with Crippen LogP contribution in [-0.4, -0.2) is 28.5 Å². The number of nitrogen functional groups attached to an aromatic ring is 1. The van der Waals surface area contributed by atoms with Gasteiger partial charge >= 0.3 is 0 Å². The molecule has 1 aromatic heterocycles. The lowest BCUT2D eigenvalue weighted by Gasteiger charge is -2.10. The summed E-state index contributed by atoms with van der Waals surface area (Å²) in [7, 11) is 0. The van der Waals surface area contributed by atoms with E-state index in [2.05, 4.69) is 18.5 Å². The number of nitrogens with one attached hydrogen (secondary N) is 1. The Labute approximate surface area is 112 Å². The number of carbonyl (C=O) groups excluding carboxylic acids is 1. The van der Waals surface area contributed by atoms with Crippen LogP contribution in [0.1, 0.15) is 42.7 Å². The van der Waals surface area contributed by atoms with Crippen molar-refractivity contribution in [1.82, 2.24) is 9.88 Å². The Morgan fingerprint density at radius 3 is 3.00 bits per heavy atom. The lowest BCUT2D eigenvalue weighted by atomic mass is 10.3. The van der Waals surface area contributed by atoms with Crippen LogP contribution in [0, 0.1) is 0 Å². The zero-order valence-electron chi connectivity index (χ0n) is 11.0. The molecule has 1 unspecified atom stereocenters. The second kappa shape index (κ2) is 5.69. The van der Waals surface area contributed by atoms with E-state index in [-0.39, 0.29) is 5.91 Å². The summed E-state index contributed by atoms with van der Waals surface area (Å²) in [5, 5.41) is 3.55. The summed E-state index contributed by atoms with van der Waals surface area (Å²) in [5.74, 6) is -0.00750. The summed E-state index contributed by atoms with van der Waals surface area (Å²) >= 11 is 1.82. The fourth-order valence-electron chi connectivity index (χ4n) is 1.93. The maximum atomic E-state index is 12.1. The van der Waals surface area contributed by atoms with Gasteiger partial charge in [0.2, 0.25) is 0 Å². The highest BCUT2D eigenvalue weighted by Gasteiger charge is 2.27. The first-order valence-electron chi connectivity index (χ1n) is 6.40. The molecular formula is C13H21N3OS. The van der Waals surface area contributed by atoms with Crippen LogP contribution >= 0.6 is 11.8 Å². The molecule has 1 aliphatic rings. The second-order valence-corrected chi connectivity index (χ2v) is 6.16. The van der Waals surface area contributed by atoms with Crippen molar-refractivity contribution in [2.45, 2.75) is 37.5 Å². The van der Waals surface area contributed by atoms with Crippen molar-refractivity contribution in [3.8, 4) is 0 Å². The summed E-state index contributed by atoms with van der Waals surface area (Å²) in [6.07, 6.45) is 7.25. The lowest BCUT2D eigenvalue weighted by molar-refractivity contribution is 0.0944. The molecule has 2 rings (SSSR count). The number of amides is 1. The number of hydrogen-bond acceptors (Lipinski definition) is 3. The molecule has 1 fully saturated rings. The van der Waals surface area contributed by atoms with Crippen molar-refractivity contribution in [3.05, 3.63) is 18.0 Å². The molecule has 4 nitrogen and oxygen atoms in total. The monoisotopic (exact) mass is 267 g/mol. The van der Waals surface area contributed by atoms with Crippen LogP contribution in [0.25, 0.3) is 0 Å². The number of anilines is 1. The third-order valence-corrected chi connectivity index (χ3v) is 4.32. The SMILES string of the molecule is CSC(C)CCNC(=O)c1cc(N)cn1C1CC1. The molecule has 1 atom stereocenters. The second-order valence-electron chi connectivity index (χ2n) is 4.89. The number of hydrogen-bond donors (Lipinski definition) is 2. The van der Waals surface area contributed by atoms with E-state index in [1.165, 1.54) is 0 Å². The summed E-state index contributed by atoms with van der Waals surface area (Å²) in [6, 6.07) is 2.25. The minimum Gasteiger partial charge on any atom is -0.397 e. The fourth-order valence-corrected chi connectivity index (χ4v) is 2.29. The van der Waals surface area contributed by atoms with E-state index >= 15 is 0 Å². The molecule has 0 saturated heterocycles. The first-order valence-corrected chi connectivity index (χ1v) is 7.69. The molecule has 100 valence electrons. The molecule has 1 aromatic rings. The third kappa shape index (κ3) is 3.22. The maximum absolute atomic E-state index is 12.1. The molecular weight excluding hydrogens is 246 g/mol. The van der Waals surface area contributed by atoms with Gasteiger partial charge in [-0.05, 0) is 31.6 Å². The Morgan fingerprint density at radius 1 is 1.67 bits per heavy atom. The van der Waals surface area contributed by atoms with Gasteiger partial charge in [0.15, 0.2) is 0 Å². The average Bonchev–Trinajstić information content (AvgIpc) is 3.12. The van der Waals surface area contributed by atoms with Gasteiger partial charge in [0, 0.05) is 24.0 Å². The number of nitrogens with two attached hydrogens (primary N) is 1. The zero-order chi connectivity index (χ0) is 13.1. The molecule has 18 heavy (non-hydrogen) atoms. The van der Waals surface area contributed by atoms with Gasteiger partial charge < -0.3 is 15.6 Å². The van der Waals surface area contributed by atoms with Crippen LogP contribution in [0.3, 0.4) is 0 Å². The van der Waals surface area contributed by atoms with Crippen molar-refractivity contribution in [2.24, 2.45) is 0 Å². The topological polar surface area (TPSA) is 60.1 Å². The van der Waals surface area contributed by atoms with E-state index < -0.39 is 0 Å². The number of aromatic nitrogens is 1. The molecule has 5 heteroatoms. The van der Waals surface area contributed by atoms with Gasteiger partial charge in [-0.15, -0.1) is 0 Å². The van der Waals surface area contributed by atoms with Crippen LogP contribution in [-0.2, 0) is 0 Å². The minimum atomic E-state index is -0.00750. The smallest absolute Gasteiger partial charge is 0.267 e. The summed E-state index contributed by atoms with van der Waals surface area (Å²) in [5.41, 5.74) is 7.15. The summed E-state index contributed by atoms with van der Waals surface area (Å²) < 4.78 is 2.02. The molecule has 0 bridgehead atoms. The van der Waals surface area contributed by atoms with Crippen molar-refractivity contribution >= 4 is 23.4 Å². The summed E-state index contributed by atoms with van der Waals surface area (Å²) in [4.78, 5) is 12.1. The van der Waals surface area contributed by atoms with Gasteiger partial charge in [0.05, 0.1) is 5.69 Å². The van der Waals surface area contributed by atoms with E-state index in [1.54, 1.807) is 6.07 Å². The standard InChI is InChI=1S/C13H21N3OS/c1-9(18-2)5-6-15-13(17)12-7-10(14)8-16(12)11-3-4-11/h7-9,11H,3-6,14H2,1-2H3,(H,15,17). The molecule has 0 aliphatic heterocycles. The molecule has 1 heterocycles. The molecule has 1 aliphatic carbocycles. The highest BCUT2D eigenvalue weighted by molar-refractivity contribution is 7.99. The van der Waals surface area contributed by atoms with Crippen molar-refractivity contribution in [1.29, 1.82) is 0 Å². The van der Waals surface area contributed by atoms with E-state index in [1.807, 2.05) is 22.5 Å². The molecule has 1 saturated carbocycles. The zero-order valence-corrected chi connectivity index (χ0v) is 11.8. The van der Waals surface area contributed by atoms with Crippen molar-refractivity contribution in [3.63, 3.8) is 0 Å². The quantitative estimate of drug-likeness (QED) is 0.831. The Kier molecular flexibility index (Phi) is 4.22. The maximum Gasteiger partial charge on any atom is 0.267 e. The van der Waals surface area contributed by atoms with E-state index in [0.717, 1.165) is 25.8 Å². The van der Waals surface area contributed by atoms with Crippen LogP contribution in [0.4, 0.5) is 5.69 Å². The normalized spacial score (nSPS) is 16.6. The Balaban J connectivity index is 1.92. The Morgan fingerprint density at radius 2 is 2.39 bits per heavy atom. The first-order chi connectivity index (χ1) is 8.61. The van der Waals surface area contributed by atoms with Gasteiger partial charge in [-0.1, -0.05) is 6.92 Å². The van der Waals surface area contributed by atoms with Crippen LogP contribution in [0.2, 0.25) is 0 Å². The lowest BCUT2D eigenvalue weighted by Crippen LogP contribution is -2.27. The Bertz CT molecular complexity index is 426. The third-order valence-electron chi connectivity index (χ3n) is 3.28. The van der Waals surface area contributed by atoms with Crippen LogP contribution < -0.4 is 11.1 Å². The highest BCUT2D eigenvalue weighted by Crippen LogP contribution is 2.37. The van der Waals surface area contributed by atoms with Crippen LogP contribution in [0.15, 0.2) is 12.3 Å². The molecule has 0 spiro atoms. The van der Waals surface area contributed by atoms with Crippen molar-refractivity contribution in [2.75, 3.05) is 18.5 Å². The first kappa shape index (κ1) is 13.3. The largest absolute Gasteiger partial charge is 0.397 e. The van der Waals surface area contributed by atoms with Crippen LogP contribution in [0.5, 0.6) is 0 Å². The fraction of sp³-hybridized carbons (Fsp3) is 0.615. The number of nitrogens with zero attached hydrogens (tertiary/aromatic N) is 1.